The summed E-state index contributed by atoms with van der Waals surface area (Å²) in [5.41, 5.74) is 1.77. The number of amides is 1. The summed E-state index contributed by atoms with van der Waals surface area (Å²) >= 11 is 0. The lowest BCUT2D eigenvalue weighted by Crippen LogP contribution is -2.18. The molecule has 3 aromatic rings. The predicted molar refractivity (Wildman–Crippen MR) is 106 cm³/mol. The van der Waals surface area contributed by atoms with Crippen LogP contribution in [0.2, 0.25) is 0 Å². The molecule has 0 bridgehead atoms. The molecule has 0 spiro atoms. The van der Waals surface area contributed by atoms with Gasteiger partial charge in [0.1, 0.15) is 5.75 Å². The number of rotatable bonds is 5. The molecule has 1 amide bonds. The van der Waals surface area contributed by atoms with Crippen LogP contribution in [-0.2, 0) is 9.73 Å². The number of aryl methyl sites for hydroxylation is 1. The topological polar surface area (TPSA) is 63.6 Å². The van der Waals surface area contributed by atoms with Gasteiger partial charge in [-0.05, 0) is 31.2 Å². The number of hydrogen-bond acceptors (Lipinski definition) is 3. The second kappa shape index (κ2) is 8.10. The highest BCUT2D eigenvalue weighted by Gasteiger charge is 2.21. The summed E-state index contributed by atoms with van der Waals surface area (Å²) < 4.78 is 17.7. The van der Waals surface area contributed by atoms with Gasteiger partial charge >= 0.3 is 0 Å². The molecular weight excluding hydrogens is 358 g/mol. The van der Waals surface area contributed by atoms with Crippen LogP contribution in [-0.4, -0.2) is 21.7 Å². The summed E-state index contributed by atoms with van der Waals surface area (Å²) in [5, 5.41) is 0. The molecule has 0 N–H and O–H groups in total. The van der Waals surface area contributed by atoms with Gasteiger partial charge in [0.05, 0.1) is 9.73 Å². The van der Waals surface area contributed by atoms with Crippen LogP contribution in [0.4, 0.5) is 0 Å². The van der Waals surface area contributed by atoms with Gasteiger partial charge in [-0.2, -0.15) is 4.36 Å². The van der Waals surface area contributed by atoms with Gasteiger partial charge in [-0.1, -0.05) is 66.2 Å². The smallest absolute Gasteiger partial charge is 0.285 e. The van der Waals surface area contributed by atoms with E-state index in [0.717, 1.165) is 5.56 Å². The third-order valence-electron chi connectivity index (χ3n) is 4.06. The molecule has 4 nitrogen and oxygen atoms in total. The van der Waals surface area contributed by atoms with Gasteiger partial charge in [-0.25, -0.2) is 4.21 Å². The molecule has 0 fully saturated rings. The number of Topliss-reactive ketones (excluding diaryl/α,β-unsaturated/α-hetero) is 1. The molecule has 1 unspecified atom stereocenters. The minimum atomic E-state index is -3.25. The van der Waals surface area contributed by atoms with Crippen LogP contribution in [0.3, 0.4) is 0 Å². The Morgan fingerprint density at radius 2 is 1.30 bits per heavy atom. The highest BCUT2D eigenvalue weighted by molar-refractivity contribution is 7.94. The lowest BCUT2D eigenvalue weighted by Gasteiger charge is -2.10. The summed E-state index contributed by atoms with van der Waals surface area (Å²) in [7, 11) is -3.25. The first-order chi connectivity index (χ1) is 13.0. The number of carbonyl (C=O) groups is 2. The standard InChI is InChI=1S/C22H19NO3S/c1-17-12-14-20(15-13-17)27(26,16-21(24)18-8-4-2-5-9-18)23-22(25)19-10-6-3-7-11-19/h2-15H,16H2,1H3. The number of ketones is 1. The van der Waals surface area contributed by atoms with Crippen LogP contribution < -0.4 is 0 Å². The van der Waals surface area contributed by atoms with Crippen molar-refractivity contribution in [2.24, 2.45) is 4.36 Å². The van der Waals surface area contributed by atoms with E-state index in [2.05, 4.69) is 4.36 Å². The van der Waals surface area contributed by atoms with Crippen LogP contribution in [0.5, 0.6) is 0 Å². The van der Waals surface area contributed by atoms with Crippen molar-refractivity contribution in [2.45, 2.75) is 11.8 Å². The Balaban J connectivity index is 2.05. The summed E-state index contributed by atoms with van der Waals surface area (Å²) in [6, 6.07) is 24.0. The van der Waals surface area contributed by atoms with E-state index in [1.165, 1.54) is 0 Å². The van der Waals surface area contributed by atoms with E-state index in [4.69, 9.17) is 0 Å². The second-order valence-corrected chi connectivity index (χ2v) is 8.37. The van der Waals surface area contributed by atoms with E-state index in [1.54, 1.807) is 84.9 Å². The van der Waals surface area contributed by atoms with E-state index >= 15 is 0 Å². The fraction of sp³-hybridized carbons (Fsp3) is 0.0909. The van der Waals surface area contributed by atoms with Crippen molar-refractivity contribution in [1.82, 2.24) is 0 Å². The molecule has 0 saturated heterocycles. The Labute approximate surface area is 159 Å². The SMILES string of the molecule is Cc1ccc(S(=O)(CC(=O)c2ccccc2)=NC(=O)c2ccccc2)cc1. The third kappa shape index (κ3) is 4.57. The number of benzene rings is 3. The van der Waals surface area contributed by atoms with E-state index in [9.17, 15) is 13.8 Å². The molecule has 5 heteroatoms. The second-order valence-electron chi connectivity index (χ2n) is 6.15. The number of hydrogen-bond donors (Lipinski definition) is 0. The minimum Gasteiger partial charge on any atom is -0.293 e. The fourth-order valence-corrected chi connectivity index (χ4v) is 4.36. The molecule has 3 rings (SSSR count). The Kier molecular flexibility index (Phi) is 5.62. The molecule has 0 aromatic heterocycles. The average molecular weight is 377 g/mol. The van der Waals surface area contributed by atoms with Gasteiger partial charge in [0.15, 0.2) is 5.78 Å². The molecule has 0 aliphatic rings. The Hall–Kier alpha value is -3.05. The van der Waals surface area contributed by atoms with E-state index in [0.29, 0.717) is 16.0 Å². The number of nitrogens with zero attached hydrogens (tertiary/aromatic N) is 1. The lowest BCUT2D eigenvalue weighted by atomic mass is 10.2. The van der Waals surface area contributed by atoms with Crippen LogP contribution in [0.1, 0.15) is 26.3 Å². The van der Waals surface area contributed by atoms with Crippen LogP contribution in [0, 0.1) is 6.92 Å². The third-order valence-corrected chi connectivity index (χ3v) is 6.19. The average Bonchev–Trinajstić information content (AvgIpc) is 2.69. The molecule has 0 heterocycles. The van der Waals surface area contributed by atoms with Crippen LogP contribution in [0.15, 0.2) is 94.2 Å². The zero-order valence-corrected chi connectivity index (χ0v) is 15.7. The Morgan fingerprint density at radius 1 is 0.778 bits per heavy atom. The highest BCUT2D eigenvalue weighted by atomic mass is 32.2. The molecule has 0 saturated carbocycles. The first-order valence-corrected chi connectivity index (χ1v) is 10.2. The van der Waals surface area contributed by atoms with Crippen molar-refractivity contribution in [1.29, 1.82) is 0 Å². The van der Waals surface area contributed by atoms with Crippen molar-refractivity contribution in [3.05, 3.63) is 102 Å². The molecule has 136 valence electrons. The van der Waals surface area contributed by atoms with Gasteiger partial charge in [0.2, 0.25) is 0 Å². The van der Waals surface area contributed by atoms with E-state index in [1.807, 2.05) is 6.92 Å². The van der Waals surface area contributed by atoms with E-state index < -0.39 is 15.6 Å². The molecular formula is C22H19NO3S. The van der Waals surface area contributed by atoms with Gasteiger partial charge < -0.3 is 0 Å². The maximum absolute atomic E-state index is 13.7. The zero-order chi connectivity index (χ0) is 19.3. The lowest BCUT2D eigenvalue weighted by molar-refractivity contribution is 0.100. The monoisotopic (exact) mass is 377 g/mol. The molecule has 0 radical (unpaired) electrons. The van der Waals surface area contributed by atoms with Crippen molar-refractivity contribution < 1.29 is 13.8 Å². The maximum Gasteiger partial charge on any atom is 0.285 e. The van der Waals surface area contributed by atoms with Crippen molar-refractivity contribution in [2.75, 3.05) is 5.75 Å². The molecule has 27 heavy (non-hydrogen) atoms. The first-order valence-electron chi connectivity index (χ1n) is 8.47. The Morgan fingerprint density at radius 3 is 1.85 bits per heavy atom. The minimum absolute atomic E-state index is 0.314. The summed E-state index contributed by atoms with van der Waals surface area (Å²) in [4.78, 5) is 25.6. The zero-order valence-electron chi connectivity index (χ0n) is 14.9. The normalized spacial score (nSPS) is 12.8. The first kappa shape index (κ1) is 18.7. The molecule has 0 aliphatic heterocycles. The Bertz CT molecular complexity index is 1070. The number of carbonyl (C=O) groups excluding carboxylic acids is 2. The van der Waals surface area contributed by atoms with Gasteiger partial charge in [-0.15, -0.1) is 0 Å². The molecule has 0 aliphatic carbocycles. The fourth-order valence-electron chi connectivity index (χ4n) is 2.57. The van der Waals surface area contributed by atoms with Crippen LogP contribution >= 0.6 is 0 Å². The van der Waals surface area contributed by atoms with Gasteiger partial charge in [-0.3, -0.25) is 9.59 Å². The highest BCUT2D eigenvalue weighted by Crippen LogP contribution is 2.18. The summed E-state index contributed by atoms with van der Waals surface area (Å²) in [6.07, 6.45) is 0. The largest absolute Gasteiger partial charge is 0.293 e. The molecule has 1 atom stereocenters. The summed E-state index contributed by atoms with van der Waals surface area (Å²) in [5.74, 6) is -1.26. The van der Waals surface area contributed by atoms with Crippen molar-refractivity contribution >= 4 is 21.4 Å². The van der Waals surface area contributed by atoms with Gasteiger partial charge in [0, 0.05) is 16.0 Å². The van der Waals surface area contributed by atoms with Crippen molar-refractivity contribution in [3.63, 3.8) is 0 Å². The van der Waals surface area contributed by atoms with Crippen molar-refractivity contribution in [3.8, 4) is 0 Å². The molecule has 3 aromatic carbocycles. The van der Waals surface area contributed by atoms with Gasteiger partial charge in [0.25, 0.3) is 5.91 Å². The quantitative estimate of drug-likeness (QED) is 0.613. The van der Waals surface area contributed by atoms with E-state index in [-0.39, 0.29) is 11.5 Å². The van der Waals surface area contributed by atoms with Crippen LogP contribution in [0.25, 0.3) is 0 Å². The summed E-state index contributed by atoms with van der Waals surface area (Å²) in [6.45, 7) is 1.91. The predicted octanol–water partition coefficient (Wildman–Crippen LogP) is 4.55. The maximum atomic E-state index is 13.7.